The predicted molar refractivity (Wildman–Crippen MR) is 119 cm³/mol. The van der Waals surface area contributed by atoms with Crippen molar-refractivity contribution < 1.29 is 9.18 Å². The summed E-state index contributed by atoms with van der Waals surface area (Å²) in [5.41, 5.74) is 3.28. The van der Waals surface area contributed by atoms with Crippen LogP contribution in [-0.2, 0) is 6.42 Å². The number of ketones is 1. The predicted octanol–water partition coefficient (Wildman–Crippen LogP) is 4.59. The Bertz CT molecular complexity index is 1090. The van der Waals surface area contributed by atoms with Gasteiger partial charge in [-0.1, -0.05) is 12.1 Å². The number of halogens is 2. The molecule has 1 aliphatic carbocycles. The summed E-state index contributed by atoms with van der Waals surface area (Å²) in [5, 5.41) is 4.79. The molecule has 2 unspecified atom stereocenters. The lowest BCUT2D eigenvalue weighted by molar-refractivity contribution is 0.0705. The van der Waals surface area contributed by atoms with Crippen LogP contribution in [0.5, 0.6) is 0 Å². The molecule has 1 fully saturated rings. The Morgan fingerprint density at radius 2 is 1.90 bits per heavy atom. The summed E-state index contributed by atoms with van der Waals surface area (Å²) in [6, 6.07) is 14.6. The lowest BCUT2D eigenvalue weighted by Gasteiger charge is -2.38. The van der Waals surface area contributed by atoms with E-state index in [0.29, 0.717) is 22.7 Å². The Labute approximate surface area is 182 Å². The van der Waals surface area contributed by atoms with Crippen LogP contribution in [0.3, 0.4) is 0 Å². The Morgan fingerprint density at radius 3 is 2.66 bits per heavy atom. The molecule has 3 aromatic rings. The van der Waals surface area contributed by atoms with Crippen molar-refractivity contribution in [1.29, 1.82) is 0 Å². The third-order valence-corrected chi connectivity index (χ3v) is 6.90. The quantitative estimate of drug-likeness (QED) is 0.483. The third-order valence-electron chi connectivity index (χ3n) is 6.18. The highest BCUT2D eigenvalue weighted by Gasteiger charge is 2.42. The Hall–Kier alpha value is -2.06. The minimum Gasteiger partial charge on any atom is -0.306 e. The SMILES string of the molecule is CN1CCC2Cc3c(c(-c4ccccc4F)nn3-c3ccc(I)cc3)C(=O)C2C1. The molecule has 2 aliphatic rings. The number of hydrogen-bond acceptors (Lipinski definition) is 3. The van der Waals surface area contributed by atoms with Gasteiger partial charge in [-0.2, -0.15) is 5.10 Å². The first-order valence-corrected chi connectivity index (χ1v) is 11.0. The van der Waals surface area contributed by atoms with Crippen molar-refractivity contribution in [3.63, 3.8) is 0 Å². The molecule has 6 heteroatoms. The van der Waals surface area contributed by atoms with Crippen molar-refractivity contribution in [1.82, 2.24) is 14.7 Å². The van der Waals surface area contributed by atoms with Gasteiger partial charge in [-0.15, -0.1) is 0 Å². The number of hydrogen-bond donors (Lipinski definition) is 0. The van der Waals surface area contributed by atoms with E-state index in [9.17, 15) is 9.18 Å². The Kier molecular flexibility index (Phi) is 4.78. The van der Waals surface area contributed by atoms with Crippen molar-refractivity contribution in [3.05, 3.63) is 69.2 Å². The zero-order valence-electron chi connectivity index (χ0n) is 16.1. The maximum atomic E-state index is 14.7. The van der Waals surface area contributed by atoms with Gasteiger partial charge >= 0.3 is 0 Å². The normalized spacial score (nSPS) is 21.7. The first-order chi connectivity index (χ1) is 14.0. The van der Waals surface area contributed by atoms with Crippen LogP contribution in [0.2, 0.25) is 0 Å². The van der Waals surface area contributed by atoms with Crippen LogP contribution in [0.15, 0.2) is 48.5 Å². The third kappa shape index (κ3) is 3.22. The van der Waals surface area contributed by atoms with Gasteiger partial charge in [-0.05, 0) is 91.3 Å². The van der Waals surface area contributed by atoms with Gasteiger partial charge in [-0.3, -0.25) is 4.79 Å². The van der Waals surface area contributed by atoms with E-state index in [1.54, 1.807) is 18.2 Å². The number of piperidine rings is 1. The highest BCUT2D eigenvalue weighted by molar-refractivity contribution is 14.1. The van der Waals surface area contributed by atoms with Crippen LogP contribution in [0.4, 0.5) is 4.39 Å². The standard InChI is InChI=1S/C23H21FIN3O/c1-27-11-10-14-12-20-21(23(29)18(14)13-27)22(17-4-2-3-5-19(17)24)26-28(20)16-8-6-15(25)7-9-16/h2-9,14,18H,10-13H2,1H3. The summed E-state index contributed by atoms with van der Waals surface area (Å²) >= 11 is 2.27. The van der Waals surface area contributed by atoms with E-state index in [0.717, 1.165) is 40.9 Å². The minimum atomic E-state index is -0.349. The monoisotopic (exact) mass is 501 g/mol. The van der Waals surface area contributed by atoms with Gasteiger partial charge in [0.2, 0.25) is 0 Å². The average molecular weight is 501 g/mol. The van der Waals surface area contributed by atoms with Gasteiger partial charge in [0.15, 0.2) is 5.78 Å². The van der Waals surface area contributed by atoms with Crippen molar-refractivity contribution in [2.75, 3.05) is 20.1 Å². The van der Waals surface area contributed by atoms with E-state index >= 15 is 0 Å². The fourth-order valence-corrected chi connectivity index (χ4v) is 5.04. The summed E-state index contributed by atoms with van der Waals surface area (Å²) < 4.78 is 17.7. The van der Waals surface area contributed by atoms with Gasteiger partial charge in [0.25, 0.3) is 0 Å². The number of likely N-dealkylation sites (tertiary alicyclic amines) is 1. The number of Topliss-reactive ketones (excluding diaryl/α,β-unsaturated/α-hetero) is 1. The smallest absolute Gasteiger partial charge is 0.171 e. The van der Waals surface area contributed by atoms with Crippen molar-refractivity contribution in [3.8, 4) is 16.9 Å². The van der Waals surface area contributed by atoms with E-state index in [1.165, 1.54) is 6.07 Å². The highest BCUT2D eigenvalue weighted by atomic mass is 127. The van der Waals surface area contributed by atoms with E-state index in [4.69, 9.17) is 5.10 Å². The number of rotatable bonds is 2. The van der Waals surface area contributed by atoms with Gasteiger partial charge in [0.1, 0.15) is 11.5 Å². The molecule has 0 spiro atoms. The van der Waals surface area contributed by atoms with Crippen LogP contribution in [0.25, 0.3) is 16.9 Å². The van der Waals surface area contributed by atoms with Crippen LogP contribution in [0, 0.1) is 21.2 Å². The molecule has 0 N–H and O–H groups in total. The molecule has 5 rings (SSSR count). The largest absolute Gasteiger partial charge is 0.306 e. The Morgan fingerprint density at radius 1 is 1.14 bits per heavy atom. The number of aromatic nitrogens is 2. The van der Waals surface area contributed by atoms with Gasteiger partial charge in [-0.25, -0.2) is 9.07 Å². The van der Waals surface area contributed by atoms with Crippen molar-refractivity contribution in [2.24, 2.45) is 11.8 Å². The highest BCUT2D eigenvalue weighted by Crippen LogP contribution is 2.40. The van der Waals surface area contributed by atoms with Crippen LogP contribution >= 0.6 is 22.6 Å². The molecule has 0 bridgehead atoms. The summed E-state index contributed by atoms with van der Waals surface area (Å²) in [6.45, 7) is 1.76. The molecule has 1 aliphatic heterocycles. The van der Waals surface area contributed by atoms with E-state index in [1.807, 2.05) is 28.9 Å². The Balaban J connectivity index is 1.72. The van der Waals surface area contributed by atoms with Crippen molar-refractivity contribution >= 4 is 28.4 Å². The molecule has 2 heterocycles. The van der Waals surface area contributed by atoms with E-state index in [-0.39, 0.29) is 17.5 Å². The topological polar surface area (TPSA) is 38.1 Å². The number of carbonyl (C=O) groups excluding carboxylic acids is 1. The van der Waals surface area contributed by atoms with Crippen LogP contribution in [0.1, 0.15) is 22.5 Å². The maximum absolute atomic E-state index is 14.7. The summed E-state index contributed by atoms with van der Waals surface area (Å²) in [6.07, 6.45) is 1.80. The fourth-order valence-electron chi connectivity index (χ4n) is 4.68. The molecule has 2 aromatic carbocycles. The zero-order chi connectivity index (χ0) is 20.1. The van der Waals surface area contributed by atoms with E-state index < -0.39 is 0 Å². The lowest BCUT2D eigenvalue weighted by atomic mass is 9.72. The number of nitrogens with zero attached hydrogens (tertiary/aromatic N) is 3. The molecule has 29 heavy (non-hydrogen) atoms. The van der Waals surface area contributed by atoms with Crippen LogP contribution in [-0.4, -0.2) is 40.6 Å². The first kappa shape index (κ1) is 18.9. The van der Waals surface area contributed by atoms with Crippen LogP contribution < -0.4 is 0 Å². The molecule has 4 nitrogen and oxygen atoms in total. The lowest BCUT2D eigenvalue weighted by Crippen LogP contribution is -2.45. The van der Waals surface area contributed by atoms with Gasteiger partial charge in [0, 0.05) is 21.6 Å². The van der Waals surface area contributed by atoms with Gasteiger partial charge in [0.05, 0.1) is 16.9 Å². The van der Waals surface area contributed by atoms with Crippen molar-refractivity contribution in [2.45, 2.75) is 12.8 Å². The second kappa shape index (κ2) is 7.32. The summed E-state index contributed by atoms with van der Waals surface area (Å²) in [4.78, 5) is 15.8. The number of benzene rings is 2. The fraction of sp³-hybridized carbons (Fsp3) is 0.304. The molecule has 148 valence electrons. The second-order valence-corrected chi connectivity index (χ2v) is 9.27. The second-order valence-electron chi connectivity index (χ2n) is 8.02. The number of fused-ring (bicyclic) bond motifs is 2. The summed E-state index contributed by atoms with van der Waals surface area (Å²) in [7, 11) is 2.06. The zero-order valence-corrected chi connectivity index (χ0v) is 18.3. The molecule has 0 radical (unpaired) electrons. The number of carbonyl (C=O) groups is 1. The molecule has 1 saturated heterocycles. The average Bonchev–Trinajstić information content (AvgIpc) is 3.09. The maximum Gasteiger partial charge on any atom is 0.171 e. The molecule has 2 atom stereocenters. The molecule has 0 saturated carbocycles. The molecular weight excluding hydrogens is 480 g/mol. The van der Waals surface area contributed by atoms with Gasteiger partial charge < -0.3 is 4.90 Å². The minimum absolute atomic E-state index is 0.0406. The molecule has 0 amide bonds. The molecular formula is C23H21FIN3O. The first-order valence-electron chi connectivity index (χ1n) is 9.88. The molecule has 1 aromatic heterocycles. The van der Waals surface area contributed by atoms with E-state index in [2.05, 4.69) is 34.5 Å². The summed E-state index contributed by atoms with van der Waals surface area (Å²) in [5.74, 6) is 0.0381.